The smallest absolute Gasteiger partial charge is 0.127 e. The maximum absolute atomic E-state index is 5.58. The van der Waals surface area contributed by atoms with Gasteiger partial charge < -0.3 is 19.8 Å². The summed E-state index contributed by atoms with van der Waals surface area (Å²) in [5.41, 5.74) is 3.12. The molecule has 4 aromatic rings. The molecule has 28 heavy (non-hydrogen) atoms. The van der Waals surface area contributed by atoms with Gasteiger partial charge in [-0.1, -0.05) is 18.2 Å². The van der Waals surface area contributed by atoms with Crippen LogP contribution in [0, 0.1) is 6.92 Å². The van der Waals surface area contributed by atoms with E-state index in [0.29, 0.717) is 13.1 Å². The summed E-state index contributed by atoms with van der Waals surface area (Å²) in [6.07, 6.45) is 0. The fourth-order valence-corrected chi connectivity index (χ4v) is 3.14. The summed E-state index contributed by atoms with van der Waals surface area (Å²) in [6, 6.07) is 22.2. The van der Waals surface area contributed by atoms with E-state index in [-0.39, 0.29) is 0 Å². The van der Waals surface area contributed by atoms with Crippen molar-refractivity contribution in [2.45, 2.75) is 20.0 Å². The predicted molar refractivity (Wildman–Crippen MR) is 113 cm³/mol. The maximum Gasteiger partial charge on any atom is 0.127 e. The number of ether oxygens (including phenoxy) is 1. The lowest BCUT2D eigenvalue weighted by Gasteiger charge is -2.11. The SMILES string of the molecule is COc1ccccc1CNc1ccc2nc(NCc3ccc(C)o3)ccc2c1. The van der Waals surface area contributed by atoms with Crippen molar-refractivity contribution in [2.24, 2.45) is 0 Å². The molecule has 0 amide bonds. The number of furan rings is 1. The minimum Gasteiger partial charge on any atom is -0.496 e. The van der Waals surface area contributed by atoms with E-state index in [4.69, 9.17) is 9.15 Å². The molecule has 0 unspecified atom stereocenters. The third kappa shape index (κ3) is 4.09. The van der Waals surface area contributed by atoms with Crippen LogP contribution in [0.1, 0.15) is 17.1 Å². The molecule has 0 aliphatic rings. The van der Waals surface area contributed by atoms with Crippen molar-refractivity contribution in [3.8, 4) is 5.75 Å². The number of nitrogens with one attached hydrogen (secondary N) is 2. The van der Waals surface area contributed by atoms with Gasteiger partial charge in [-0.2, -0.15) is 0 Å². The largest absolute Gasteiger partial charge is 0.496 e. The zero-order chi connectivity index (χ0) is 19.3. The van der Waals surface area contributed by atoms with Crippen LogP contribution in [0.15, 0.2) is 71.1 Å². The number of methoxy groups -OCH3 is 1. The molecular formula is C23H23N3O2. The van der Waals surface area contributed by atoms with E-state index >= 15 is 0 Å². The monoisotopic (exact) mass is 373 g/mol. The Morgan fingerprint density at radius 3 is 2.64 bits per heavy atom. The summed E-state index contributed by atoms with van der Waals surface area (Å²) in [5, 5.41) is 7.85. The molecule has 2 aromatic carbocycles. The topological polar surface area (TPSA) is 59.3 Å². The number of hydrogen-bond donors (Lipinski definition) is 2. The first kappa shape index (κ1) is 17.9. The Morgan fingerprint density at radius 1 is 0.929 bits per heavy atom. The lowest BCUT2D eigenvalue weighted by Crippen LogP contribution is -2.02. The summed E-state index contributed by atoms with van der Waals surface area (Å²) in [7, 11) is 1.69. The summed E-state index contributed by atoms with van der Waals surface area (Å²) in [6.45, 7) is 3.26. The van der Waals surface area contributed by atoms with Gasteiger partial charge >= 0.3 is 0 Å². The van der Waals surface area contributed by atoms with Crippen LogP contribution in [0.25, 0.3) is 10.9 Å². The molecule has 142 valence electrons. The number of nitrogens with zero attached hydrogens (tertiary/aromatic N) is 1. The second-order valence-electron chi connectivity index (χ2n) is 6.64. The van der Waals surface area contributed by atoms with Gasteiger partial charge in [-0.05, 0) is 55.5 Å². The van der Waals surface area contributed by atoms with Crippen molar-refractivity contribution in [3.05, 3.63) is 83.8 Å². The van der Waals surface area contributed by atoms with Crippen molar-refractivity contribution in [2.75, 3.05) is 17.7 Å². The highest BCUT2D eigenvalue weighted by atomic mass is 16.5. The fraction of sp³-hybridized carbons (Fsp3) is 0.174. The quantitative estimate of drug-likeness (QED) is 0.456. The number of benzene rings is 2. The van der Waals surface area contributed by atoms with Gasteiger partial charge in [0.2, 0.25) is 0 Å². The summed E-state index contributed by atoms with van der Waals surface area (Å²) in [4.78, 5) is 4.68. The zero-order valence-corrected chi connectivity index (χ0v) is 16.0. The lowest BCUT2D eigenvalue weighted by molar-refractivity contribution is 0.410. The third-order valence-corrected chi connectivity index (χ3v) is 4.60. The van der Waals surface area contributed by atoms with Crippen LogP contribution in [0.3, 0.4) is 0 Å². The molecule has 0 atom stereocenters. The van der Waals surface area contributed by atoms with E-state index in [1.54, 1.807) is 7.11 Å². The second-order valence-corrected chi connectivity index (χ2v) is 6.64. The Balaban J connectivity index is 1.44. The molecule has 2 N–H and O–H groups in total. The summed E-state index contributed by atoms with van der Waals surface area (Å²) in [5.74, 6) is 3.53. The Bertz CT molecular complexity index is 1090. The molecule has 0 radical (unpaired) electrons. The Hall–Kier alpha value is -3.47. The number of para-hydroxylation sites is 1. The molecule has 0 bridgehead atoms. The van der Waals surface area contributed by atoms with E-state index in [0.717, 1.165) is 45.2 Å². The first-order valence-corrected chi connectivity index (χ1v) is 9.27. The highest BCUT2D eigenvalue weighted by Crippen LogP contribution is 2.23. The maximum atomic E-state index is 5.58. The van der Waals surface area contributed by atoms with Gasteiger partial charge in [-0.3, -0.25) is 0 Å². The van der Waals surface area contributed by atoms with Gasteiger partial charge in [-0.15, -0.1) is 0 Å². The second kappa shape index (κ2) is 8.05. The van der Waals surface area contributed by atoms with Crippen LogP contribution in [0.5, 0.6) is 5.75 Å². The van der Waals surface area contributed by atoms with Gasteiger partial charge in [0.15, 0.2) is 0 Å². The predicted octanol–water partition coefficient (Wildman–Crippen LogP) is 5.37. The van der Waals surface area contributed by atoms with Gasteiger partial charge in [0.1, 0.15) is 23.1 Å². The third-order valence-electron chi connectivity index (χ3n) is 4.60. The molecule has 2 aromatic heterocycles. The molecule has 4 rings (SSSR count). The number of hydrogen-bond acceptors (Lipinski definition) is 5. The average Bonchev–Trinajstić information content (AvgIpc) is 3.16. The number of aryl methyl sites for hydroxylation is 1. The number of fused-ring (bicyclic) bond motifs is 1. The van der Waals surface area contributed by atoms with Crippen molar-refractivity contribution in [1.29, 1.82) is 0 Å². The van der Waals surface area contributed by atoms with Gasteiger partial charge in [0.05, 0.1) is 19.2 Å². The fourth-order valence-electron chi connectivity index (χ4n) is 3.14. The lowest BCUT2D eigenvalue weighted by atomic mass is 10.1. The summed E-state index contributed by atoms with van der Waals surface area (Å²) < 4.78 is 11.0. The summed E-state index contributed by atoms with van der Waals surface area (Å²) >= 11 is 0. The number of rotatable bonds is 7. The number of aromatic nitrogens is 1. The number of pyridine rings is 1. The molecule has 5 nitrogen and oxygen atoms in total. The molecule has 0 aliphatic heterocycles. The van der Waals surface area contributed by atoms with E-state index in [1.165, 1.54) is 0 Å². The molecule has 5 heteroatoms. The van der Waals surface area contributed by atoms with Crippen LogP contribution >= 0.6 is 0 Å². The van der Waals surface area contributed by atoms with Gasteiger partial charge in [0.25, 0.3) is 0 Å². The molecule has 0 aliphatic carbocycles. The highest BCUT2D eigenvalue weighted by Gasteiger charge is 2.04. The Labute approximate surface area is 164 Å². The minimum atomic E-state index is 0.616. The van der Waals surface area contributed by atoms with Crippen molar-refractivity contribution in [1.82, 2.24) is 4.98 Å². The number of anilines is 2. The van der Waals surface area contributed by atoms with Crippen LogP contribution in [0.2, 0.25) is 0 Å². The van der Waals surface area contributed by atoms with Crippen LogP contribution in [0.4, 0.5) is 11.5 Å². The minimum absolute atomic E-state index is 0.616. The molecule has 0 spiro atoms. The van der Waals surface area contributed by atoms with E-state index in [9.17, 15) is 0 Å². The van der Waals surface area contributed by atoms with Gasteiger partial charge in [-0.25, -0.2) is 4.98 Å². The van der Waals surface area contributed by atoms with Crippen molar-refractivity contribution < 1.29 is 9.15 Å². The molecular weight excluding hydrogens is 350 g/mol. The van der Waals surface area contributed by atoms with Crippen molar-refractivity contribution in [3.63, 3.8) is 0 Å². The van der Waals surface area contributed by atoms with E-state index in [2.05, 4.69) is 33.8 Å². The average molecular weight is 373 g/mol. The van der Waals surface area contributed by atoms with Crippen molar-refractivity contribution >= 4 is 22.4 Å². The molecule has 0 saturated carbocycles. The van der Waals surface area contributed by atoms with E-state index in [1.807, 2.05) is 55.5 Å². The highest BCUT2D eigenvalue weighted by molar-refractivity contribution is 5.83. The molecule has 0 saturated heterocycles. The first-order valence-electron chi connectivity index (χ1n) is 9.27. The van der Waals surface area contributed by atoms with Crippen LogP contribution in [-0.2, 0) is 13.1 Å². The molecule has 2 heterocycles. The van der Waals surface area contributed by atoms with Crippen LogP contribution in [-0.4, -0.2) is 12.1 Å². The normalized spacial score (nSPS) is 10.8. The Morgan fingerprint density at radius 2 is 1.82 bits per heavy atom. The first-order chi connectivity index (χ1) is 13.7. The van der Waals surface area contributed by atoms with Gasteiger partial charge in [0, 0.05) is 23.2 Å². The molecule has 0 fully saturated rings. The van der Waals surface area contributed by atoms with E-state index < -0.39 is 0 Å². The zero-order valence-electron chi connectivity index (χ0n) is 16.0. The standard InChI is InChI=1S/C23H23N3O2/c1-16-7-10-20(28-16)15-25-23-12-8-17-13-19(9-11-21(17)26-23)24-14-18-5-3-4-6-22(18)27-2/h3-13,24H,14-15H2,1-2H3,(H,25,26). The Kier molecular flexibility index (Phi) is 5.15. The van der Waals surface area contributed by atoms with Crippen LogP contribution < -0.4 is 15.4 Å².